The van der Waals surface area contributed by atoms with E-state index in [1.165, 1.54) is 5.56 Å². The number of aryl methyl sites for hydroxylation is 2. The van der Waals surface area contributed by atoms with E-state index in [2.05, 4.69) is 31.1 Å². The number of carbonyl (C=O) groups is 2. The second-order valence-corrected chi connectivity index (χ2v) is 8.15. The molecule has 29 heavy (non-hydrogen) atoms. The molecule has 0 radical (unpaired) electrons. The first kappa shape index (κ1) is 22.7. The van der Waals surface area contributed by atoms with E-state index in [-0.39, 0.29) is 16.1 Å². The van der Waals surface area contributed by atoms with Crippen LogP contribution in [-0.4, -0.2) is 36.6 Å². The molecule has 156 valence electrons. The highest BCUT2D eigenvalue weighted by Crippen LogP contribution is 2.24. The molecule has 0 aliphatic rings. The van der Waals surface area contributed by atoms with Crippen LogP contribution in [-0.2, 0) is 14.9 Å². The molecule has 2 rings (SSSR count). The zero-order valence-corrected chi connectivity index (χ0v) is 18.2. The maximum absolute atomic E-state index is 12.2. The van der Waals surface area contributed by atoms with E-state index < -0.39 is 18.5 Å². The van der Waals surface area contributed by atoms with Crippen molar-refractivity contribution in [2.24, 2.45) is 0 Å². The zero-order valence-electron chi connectivity index (χ0n) is 17.5. The van der Waals surface area contributed by atoms with Gasteiger partial charge in [0.2, 0.25) is 0 Å². The van der Waals surface area contributed by atoms with Gasteiger partial charge >= 0.3 is 5.97 Å². The van der Waals surface area contributed by atoms with Gasteiger partial charge in [0.15, 0.2) is 6.61 Å². The minimum absolute atomic E-state index is 0.0683. The van der Waals surface area contributed by atoms with Gasteiger partial charge in [-0.1, -0.05) is 44.5 Å². The van der Waals surface area contributed by atoms with Crippen molar-refractivity contribution in [3.63, 3.8) is 0 Å². The summed E-state index contributed by atoms with van der Waals surface area (Å²) in [7, 11) is 0. The lowest BCUT2D eigenvalue weighted by atomic mass is 9.87. The van der Waals surface area contributed by atoms with Gasteiger partial charge in [0.25, 0.3) is 5.91 Å². The van der Waals surface area contributed by atoms with Crippen LogP contribution in [0.1, 0.15) is 48.0 Å². The summed E-state index contributed by atoms with van der Waals surface area (Å²) in [6, 6.07) is 9.60. The van der Waals surface area contributed by atoms with E-state index in [1.807, 2.05) is 24.3 Å². The van der Waals surface area contributed by atoms with Gasteiger partial charge in [-0.25, -0.2) is 9.78 Å². The number of carbonyl (C=O) groups excluding carboxylic acids is 2. The highest BCUT2D eigenvalue weighted by atomic mass is 35.5. The first-order valence-corrected chi connectivity index (χ1v) is 9.76. The lowest BCUT2D eigenvalue weighted by molar-refractivity contribution is -0.124. The van der Waals surface area contributed by atoms with Crippen LogP contribution < -0.4 is 10.1 Å². The summed E-state index contributed by atoms with van der Waals surface area (Å²) < 4.78 is 10.6. The summed E-state index contributed by atoms with van der Waals surface area (Å²) in [4.78, 5) is 28.1. The highest BCUT2D eigenvalue weighted by Gasteiger charge is 2.18. The molecule has 0 unspecified atom stereocenters. The summed E-state index contributed by atoms with van der Waals surface area (Å²) in [6.07, 6.45) is 0. The Morgan fingerprint density at radius 1 is 1.14 bits per heavy atom. The van der Waals surface area contributed by atoms with E-state index in [0.29, 0.717) is 24.4 Å². The quantitative estimate of drug-likeness (QED) is 0.417. The monoisotopic (exact) mass is 418 g/mol. The van der Waals surface area contributed by atoms with Crippen molar-refractivity contribution in [2.45, 2.75) is 40.0 Å². The van der Waals surface area contributed by atoms with Crippen LogP contribution in [0.5, 0.6) is 5.75 Å². The summed E-state index contributed by atoms with van der Waals surface area (Å²) in [5.74, 6) is -0.361. The lowest BCUT2D eigenvalue weighted by Gasteiger charge is -2.19. The molecular weight excluding hydrogens is 392 g/mol. The molecule has 1 N–H and O–H groups in total. The summed E-state index contributed by atoms with van der Waals surface area (Å²) in [5, 5.41) is 2.71. The number of amides is 1. The SMILES string of the molecule is Cc1cc(C)c(C(=O)OCC(=O)NCCOc2ccc(C(C)(C)C)cc2)c(Cl)n1. The average molecular weight is 419 g/mol. The molecule has 0 bridgehead atoms. The summed E-state index contributed by atoms with van der Waals surface area (Å²) in [6.45, 7) is 10.2. The van der Waals surface area contributed by atoms with Crippen LogP contribution in [0.2, 0.25) is 5.15 Å². The molecule has 0 saturated carbocycles. The van der Waals surface area contributed by atoms with Crippen molar-refractivity contribution in [3.05, 3.63) is 57.9 Å². The molecule has 7 heteroatoms. The van der Waals surface area contributed by atoms with Crippen LogP contribution in [0.3, 0.4) is 0 Å². The van der Waals surface area contributed by atoms with Gasteiger partial charge in [-0.2, -0.15) is 0 Å². The van der Waals surface area contributed by atoms with Crippen LogP contribution in [0.4, 0.5) is 0 Å². The number of ether oxygens (including phenoxy) is 2. The molecule has 1 aromatic carbocycles. The second kappa shape index (κ2) is 9.74. The minimum Gasteiger partial charge on any atom is -0.492 e. The average Bonchev–Trinajstić information content (AvgIpc) is 2.62. The van der Waals surface area contributed by atoms with Crippen molar-refractivity contribution in [2.75, 3.05) is 19.8 Å². The van der Waals surface area contributed by atoms with Crippen LogP contribution in [0.15, 0.2) is 30.3 Å². The third-order valence-corrected chi connectivity index (χ3v) is 4.53. The molecule has 0 aliphatic carbocycles. The molecule has 0 fully saturated rings. The van der Waals surface area contributed by atoms with Crippen molar-refractivity contribution in [1.82, 2.24) is 10.3 Å². The van der Waals surface area contributed by atoms with Gasteiger partial charge in [-0.3, -0.25) is 4.79 Å². The standard InChI is InChI=1S/C22H27ClN2O4/c1-14-12-15(2)25-20(23)19(14)21(27)29-13-18(26)24-10-11-28-17-8-6-16(7-9-17)22(3,4)5/h6-9,12H,10-11,13H2,1-5H3,(H,24,26). The first-order chi connectivity index (χ1) is 13.6. The number of benzene rings is 1. The first-order valence-electron chi connectivity index (χ1n) is 9.39. The van der Waals surface area contributed by atoms with Crippen LogP contribution in [0, 0.1) is 13.8 Å². The predicted molar refractivity (Wildman–Crippen MR) is 113 cm³/mol. The lowest BCUT2D eigenvalue weighted by Crippen LogP contribution is -2.32. The van der Waals surface area contributed by atoms with Crippen molar-refractivity contribution < 1.29 is 19.1 Å². The fraction of sp³-hybridized carbons (Fsp3) is 0.409. The Morgan fingerprint density at radius 3 is 2.38 bits per heavy atom. The Balaban J connectivity index is 1.73. The number of aromatic nitrogens is 1. The normalized spacial score (nSPS) is 11.1. The van der Waals surface area contributed by atoms with Gasteiger partial charge < -0.3 is 14.8 Å². The Labute approximate surface area is 176 Å². The third-order valence-electron chi connectivity index (χ3n) is 4.25. The molecule has 0 atom stereocenters. The van der Waals surface area contributed by atoms with Crippen LogP contribution >= 0.6 is 11.6 Å². The zero-order chi connectivity index (χ0) is 21.6. The molecule has 2 aromatic rings. The highest BCUT2D eigenvalue weighted by molar-refractivity contribution is 6.32. The van der Waals surface area contributed by atoms with Gasteiger partial charge in [0.05, 0.1) is 12.1 Å². The molecule has 1 amide bonds. The Morgan fingerprint density at radius 2 is 1.79 bits per heavy atom. The van der Waals surface area contributed by atoms with Gasteiger partial charge in [0, 0.05) is 5.69 Å². The maximum Gasteiger partial charge on any atom is 0.342 e. The van der Waals surface area contributed by atoms with Gasteiger partial charge in [0.1, 0.15) is 17.5 Å². The molecule has 1 aromatic heterocycles. The number of pyridine rings is 1. The summed E-state index contributed by atoms with van der Waals surface area (Å²) >= 11 is 6.01. The number of halogens is 1. The summed E-state index contributed by atoms with van der Waals surface area (Å²) in [5.41, 5.74) is 2.83. The van der Waals surface area contributed by atoms with E-state index in [1.54, 1.807) is 19.9 Å². The Hall–Kier alpha value is -2.60. The maximum atomic E-state index is 12.2. The second-order valence-electron chi connectivity index (χ2n) is 7.80. The number of rotatable bonds is 7. The molecule has 0 aliphatic heterocycles. The van der Waals surface area contributed by atoms with Crippen molar-refractivity contribution >= 4 is 23.5 Å². The Kier molecular flexibility index (Phi) is 7.62. The molecule has 0 saturated heterocycles. The number of esters is 1. The third kappa shape index (κ3) is 6.75. The predicted octanol–water partition coefficient (Wildman–Crippen LogP) is 4.00. The van der Waals surface area contributed by atoms with Gasteiger partial charge in [-0.05, 0) is 48.6 Å². The van der Waals surface area contributed by atoms with Crippen molar-refractivity contribution in [3.8, 4) is 5.75 Å². The minimum atomic E-state index is -0.676. The number of hydrogen-bond donors (Lipinski definition) is 1. The Bertz CT molecular complexity index is 850. The molecular formula is C22H27ClN2O4. The topological polar surface area (TPSA) is 77.5 Å². The number of nitrogens with one attached hydrogen (secondary N) is 1. The van der Waals surface area contributed by atoms with E-state index in [9.17, 15) is 9.59 Å². The largest absolute Gasteiger partial charge is 0.492 e. The van der Waals surface area contributed by atoms with Gasteiger partial charge in [-0.15, -0.1) is 0 Å². The van der Waals surface area contributed by atoms with Crippen LogP contribution in [0.25, 0.3) is 0 Å². The smallest absolute Gasteiger partial charge is 0.342 e. The van der Waals surface area contributed by atoms with E-state index >= 15 is 0 Å². The molecule has 6 nitrogen and oxygen atoms in total. The number of hydrogen-bond acceptors (Lipinski definition) is 5. The fourth-order valence-electron chi connectivity index (χ4n) is 2.70. The van der Waals surface area contributed by atoms with E-state index in [0.717, 1.165) is 5.75 Å². The van der Waals surface area contributed by atoms with Crippen molar-refractivity contribution in [1.29, 1.82) is 0 Å². The fourth-order valence-corrected chi connectivity index (χ4v) is 3.06. The molecule has 1 heterocycles. The van der Waals surface area contributed by atoms with E-state index in [4.69, 9.17) is 21.1 Å². The number of nitrogens with zero attached hydrogens (tertiary/aromatic N) is 1. The molecule has 0 spiro atoms.